The minimum Gasteiger partial charge on any atom is -0.340 e. The number of hydrogen-bond acceptors (Lipinski definition) is 4. The van der Waals surface area contributed by atoms with Gasteiger partial charge in [-0.2, -0.15) is 0 Å². The Morgan fingerprint density at radius 1 is 1.30 bits per heavy atom. The van der Waals surface area contributed by atoms with Crippen molar-refractivity contribution in [2.75, 3.05) is 13.1 Å². The van der Waals surface area contributed by atoms with Gasteiger partial charge < -0.3 is 10.2 Å². The molecule has 2 heterocycles. The van der Waals surface area contributed by atoms with Gasteiger partial charge in [-0.1, -0.05) is 19.3 Å². The first-order chi connectivity index (χ1) is 9.70. The summed E-state index contributed by atoms with van der Waals surface area (Å²) >= 11 is 1.56. The molecule has 1 aliphatic carbocycles. The van der Waals surface area contributed by atoms with Crippen LogP contribution in [0.25, 0.3) is 0 Å². The third-order valence-electron chi connectivity index (χ3n) is 4.24. The molecule has 2 fully saturated rings. The molecular weight excluding hydrogens is 274 g/mol. The molecule has 1 saturated heterocycles. The highest BCUT2D eigenvalue weighted by molar-refractivity contribution is 7.07. The summed E-state index contributed by atoms with van der Waals surface area (Å²) in [5, 5.41) is 4.95. The summed E-state index contributed by atoms with van der Waals surface area (Å²) in [6.07, 6.45) is 5.48. The number of carbonyl (C=O) groups excluding carboxylic acids is 2. The maximum absolute atomic E-state index is 12.7. The smallest absolute Gasteiger partial charge is 0.248 e. The Morgan fingerprint density at radius 2 is 2.10 bits per heavy atom. The van der Waals surface area contributed by atoms with Crippen LogP contribution in [0, 0.1) is 0 Å². The molecule has 0 unspecified atom stereocenters. The standard InChI is InChI=1S/C14H19N3O2S/c18-12-8-17(7-4-11-9-20-10-15-11)13(19)14(16-12)5-2-1-3-6-14/h9-10H,1-8H2,(H,16,18). The Hall–Kier alpha value is -1.43. The van der Waals surface area contributed by atoms with Gasteiger partial charge >= 0.3 is 0 Å². The van der Waals surface area contributed by atoms with E-state index in [1.165, 1.54) is 0 Å². The molecule has 0 radical (unpaired) electrons. The van der Waals surface area contributed by atoms with Gasteiger partial charge in [-0.05, 0) is 12.8 Å². The number of nitrogens with zero attached hydrogens (tertiary/aromatic N) is 2. The number of piperazine rings is 1. The fourth-order valence-electron chi connectivity index (χ4n) is 3.19. The molecule has 2 amide bonds. The van der Waals surface area contributed by atoms with E-state index in [0.717, 1.165) is 44.2 Å². The molecule has 6 heteroatoms. The third-order valence-corrected chi connectivity index (χ3v) is 4.87. The molecular formula is C14H19N3O2S. The van der Waals surface area contributed by atoms with Gasteiger partial charge in [-0.15, -0.1) is 11.3 Å². The summed E-state index contributed by atoms with van der Waals surface area (Å²) in [5.41, 5.74) is 2.17. The van der Waals surface area contributed by atoms with Crippen LogP contribution in [0.2, 0.25) is 0 Å². The van der Waals surface area contributed by atoms with Crippen LogP contribution in [0.4, 0.5) is 0 Å². The predicted molar refractivity (Wildman–Crippen MR) is 76.4 cm³/mol. The number of aromatic nitrogens is 1. The van der Waals surface area contributed by atoms with E-state index in [1.54, 1.807) is 21.7 Å². The first kappa shape index (κ1) is 13.5. The molecule has 1 saturated carbocycles. The minimum absolute atomic E-state index is 0.0234. The van der Waals surface area contributed by atoms with Crippen molar-refractivity contribution in [2.45, 2.75) is 44.1 Å². The van der Waals surface area contributed by atoms with Gasteiger partial charge in [-0.3, -0.25) is 9.59 Å². The Morgan fingerprint density at radius 3 is 2.80 bits per heavy atom. The van der Waals surface area contributed by atoms with Crippen LogP contribution < -0.4 is 5.32 Å². The van der Waals surface area contributed by atoms with Crippen LogP contribution in [-0.4, -0.2) is 40.3 Å². The van der Waals surface area contributed by atoms with E-state index < -0.39 is 5.54 Å². The fourth-order valence-corrected chi connectivity index (χ4v) is 3.79. The van der Waals surface area contributed by atoms with Crippen molar-refractivity contribution in [2.24, 2.45) is 0 Å². The number of carbonyl (C=O) groups is 2. The van der Waals surface area contributed by atoms with Crippen LogP contribution in [-0.2, 0) is 16.0 Å². The average Bonchev–Trinajstić information content (AvgIpc) is 2.95. The molecule has 2 aliphatic rings. The average molecular weight is 293 g/mol. The lowest BCUT2D eigenvalue weighted by Crippen LogP contribution is -2.67. The van der Waals surface area contributed by atoms with Gasteiger partial charge in [0.05, 0.1) is 17.7 Å². The van der Waals surface area contributed by atoms with Crippen molar-refractivity contribution < 1.29 is 9.59 Å². The Kier molecular flexibility index (Phi) is 3.74. The third kappa shape index (κ3) is 2.57. The van der Waals surface area contributed by atoms with E-state index in [4.69, 9.17) is 0 Å². The first-order valence-electron chi connectivity index (χ1n) is 7.17. The number of thiazole rings is 1. The zero-order chi connectivity index (χ0) is 14.0. The lowest BCUT2D eigenvalue weighted by molar-refractivity contribution is -0.151. The van der Waals surface area contributed by atoms with Gasteiger partial charge in [0.25, 0.3) is 0 Å². The van der Waals surface area contributed by atoms with Crippen molar-refractivity contribution in [3.63, 3.8) is 0 Å². The van der Waals surface area contributed by atoms with Gasteiger partial charge in [0.15, 0.2) is 0 Å². The van der Waals surface area contributed by atoms with E-state index in [9.17, 15) is 9.59 Å². The van der Waals surface area contributed by atoms with E-state index in [1.807, 2.05) is 5.38 Å². The number of amides is 2. The highest BCUT2D eigenvalue weighted by Crippen LogP contribution is 2.31. The summed E-state index contributed by atoms with van der Waals surface area (Å²) in [7, 11) is 0. The summed E-state index contributed by atoms with van der Waals surface area (Å²) < 4.78 is 0. The second-order valence-corrected chi connectivity index (χ2v) is 6.37. The van der Waals surface area contributed by atoms with Gasteiger partial charge in [-0.25, -0.2) is 4.98 Å². The van der Waals surface area contributed by atoms with Crippen LogP contribution >= 0.6 is 11.3 Å². The van der Waals surface area contributed by atoms with E-state index in [-0.39, 0.29) is 18.4 Å². The maximum Gasteiger partial charge on any atom is 0.248 e. The highest BCUT2D eigenvalue weighted by atomic mass is 32.1. The number of hydrogen-bond donors (Lipinski definition) is 1. The zero-order valence-electron chi connectivity index (χ0n) is 11.4. The minimum atomic E-state index is -0.615. The lowest BCUT2D eigenvalue weighted by Gasteiger charge is -2.44. The second-order valence-electron chi connectivity index (χ2n) is 5.65. The maximum atomic E-state index is 12.7. The zero-order valence-corrected chi connectivity index (χ0v) is 12.2. The molecule has 20 heavy (non-hydrogen) atoms. The van der Waals surface area contributed by atoms with Crippen molar-refractivity contribution in [1.82, 2.24) is 15.2 Å². The van der Waals surface area contributed by atoms with Crippen LogP contribution in [0.3, 0.4) is 0 Å². The van der Waals surface area contributed by atoms with Crippen LogP contribution in [0.1, 0.15) is 37.8 Å². The van der Waals surface area contributed by atoms with Crippen LogP contribution in [0.5, 0.6) is 0 Å². The molecule has 3 rings (SSSR count). The SMILES string of the molecule is O=C1CN(CCc2cscn2)C(=O)C2(CCCCC2)N1. The highest BCUT2D eigenvalue weighted by Gasteiger charge is 2.46. The van der Waals surface area contributed by atoms with Crippen molar-refractivity contribution in [3.8, 4) is 0 Å². The molecule has 1 N–H and O–H groups in total. The molecule has 1 aromatic heterocycles. The normalized spacial score (nSPS) is 22.1. The predicted octanol–water partition coefficient (Wildman–Crippen LogP) is 1.35. The molecule has 1 aromatic rings. The number of rotatable bonds is 3. The summed E-state index contributed by atoms with van der Waals surface area (Å²) in [5.74, 6) is 0.0804. The quantitative estimate of drug-likeness (QED) is 0.915. The lowest BCUT2D eigenvalue weighted by atomic mass is 9.79. The Labute approximate surface area is 122 Å². The summed E-state index contributed by atoms with van der Waals surface area (Å²) in [6.45, 7) is 0.766. The molecule has 108 valence electrons. The Bertz CT molecular complexity index is 495. The van der Waals surface area contributed by atoms with Crippen LogP contribution in [0.15, 0.2) is 10.9 Å². The van der Waals surface area contributed by atoms with Gasteiger partial charge in [0, 0.05) is 18.3 Å². The summed E-state index contributed by atoms with van der Waals surface area (Å²) in [6, 6.07) is 0. The molecule has 0 atom stereocenters. The van der Waals surface area contributed by atoms with E-state index in [0.29, 0.717) is 6.54 Å². The Balaban J connectivity index is 1.70. The largest absolute Gasteiger partial charge is 0.340 e. The first-order valence-corrected chi connectivity index (χ1v) is 8.11. The molecule has 0 aromatic carbocycles. The van der Waals surface area contributed by atoms with Crippen molar-refractivity contribution in [3.05, 3.63) is 16.6 Å². The fraction of sp³-hybridized carbons (Fsp3) is 0.643. The van der Waals surface area contributed by atoms with E-state index >= 15 is 0 Å². The topological polar surface area (TPSA) is 62.3 Å². The van der Waals surface area contributed by atoms with Gasteiger partial charge in [0.1, 0.15) is 5.54 Å². The summed E-state index contributed by atoms with van der Waals surface area (Å²) in [4.78, 5) is 30.6. The molecule has 1 aliphatic heterocycles. The van der Waals surface area contributed by atoms with Crippen molar-refractivity contribution in [1.29, 1.82) is 0 Å². The monoisotopic (exact) mass is 293 g/mol. The van der Waals surface area contributed by atoms with E-state index in [2.05, 4.69) is 10.3 Å². The molecule has 1 spiro atoms. The van der Waals surface area contributed by atoms with Gasteiger partial charge in [0.2, 0.25) is 11.8 Å². The van der Waals surface area contributed by atoms with Crippen molar-refractivity contribution >= 4 is 23.2 Å². The molecule has 5 nitrogen and oxygen atoms in total. The molecule has 0 bridgehead atoms. The number of nitrogens with one attached hydrogen (secondary N) is 1. The second kappa shape index (κ2) is 5.52.